The highest BCUT2D eigenvalue weighted by atomic mass is 35.5. The maximum atomic E-state index is 9.10. The van der Waals surface area contributed by atoms with Gasteiger partial charge in [0.05, 0.1) is 0 Å². The highest BCUT2D eigenvalue weighted by molar-refractivity contribution is 6.30. The summed E-state index contributed by atoms with van der Waals surface area (Å²) in [5, 5.41) is 15.5. The molecule has 0 radical (unpaired) electrons. The van der Waals surface area contributed by atoms with Crippen LogP contribution in [0.1, 0.15) is 18.1 Å². The Morgan fingerprint density at radius 1 is 1.04 bits per heavy atom. The summed E-state index contributed by atoms with van der Waals surface area (Å²) in [6.07, 6.45) is 0.742. The summed E-state index contributed by atoms with van der Waals surface area (Å²) in [6.45, 7) is 0.583. The lowest BCUT2D eigenvalue weighted by atomic mass is 10.1. The molecule has 0 spiro atoms. The molecule has 1 unspecified atom stereocenters. The van der Waals surface area contributed by atoms with Gasteiger partial charge in [0, 0.05) is 11.4 Å². The standard InChI is InChI=1S/C15H16ClNO.C2H2O4/c16-13-7-4-8-14(11-13)18-15(9-10-17)12-5-2-1-3-6-12;3-1(4)2(5)6/h1-8,11,15H,9-10,17H2;(H,3,4)(H,5,6). The van der Waals surface area contributed by atoms with Crippen molar-refractivity contribution in [3.05, 3.63) is 65.2 Å². The maximum absolute atomic E-state index is 9.10. The second kappa shape index (κ2) is 10.3. The van der Waals surface area contributed by atoms with Crippen LogP contribution in [0.3, 0.4) is 0 Å². The lowest BCUT2D eigenvalue weighted by molar-refractivity contribution is -0.159. The number of aliphatic carboxylic acids is 2. The third-order valence-corrected chi connectivity index (χ3v) is 3.09. The Bertz CT molecular complexity index is 651. The number of halogens is 1. The number of hydrogen-bond donors (Lipinski definition) is 3. The first-order valence-electron chi connectivity index (χ1n) is 7.07. The molecule has 0 aliphatic carbocycles. The molecular formula is C17H18ClNO5. The fourth-order valence-electron chi connectivity index (χ4n) is 1.82. The third-order valence-electron chi connectivity index (χ3n) is 2.86. The minimum Gasteiger partial charge on any atom is -0.486 e. The first kappa shape index (κ1) is 19.5. The molecule has 0 aromatic heterocycles. The zero-order valence-corrected chi connectivity index (χ0v) is 13.5. The molecule has 128 valence electrons. The molecule has 0 aliphatic heterocycles. The fourth-order valence-corrected chi connectivity index (χ4v) is 2.00. The Labute approximate surface area is 144 Å². The van der Waals surface area contributed by atoms with Gasteiger partial charge in [0.15, 0.2) is 0 Å². The number of ether oxygens (including phenoxy) is 1. The van der Waals surface area contributed by atoms with E-state index in [1.807, 2.05) is 54.6 Å². The number of benzene rings is 2. The molecule has 7 heteroatoms. The molecule has 2 aromatic rings. The Kier molecular flexibility index (Phi) is 8.32. The van der Waals surface area contributed by atoms with Gasteiger partial charge in [0.25, 0.3) is 0 Å². The topological polar surface area (TPSA) is 110 Å². The molecule has 0 amide bonds. The Balaban J connectivity index is 0.000000413. The quantitative estimate of drug-likeness (QED) is 0.714. The highest BCUT2D eigenvalue weighted by Crippen LogP contribution is 2.26. The maximum Gasteiger partial charge on any atom is 0.414 e. The van der Waals surface area contributed by atoms with Crippen molar-refractivity contribution in [2.24, 2.45) is 5.73 Å². The predicted molar refractivity (Wildman–Crippen MR) is 90.2 cm³/mol. The molecule has 4 N–H and O–H groups in total. The minimum absolute atomic E-state index is 0.0327. The molecule has 0 heterocycles. The zero-order chi connectivity index (χ0) is 17.9. The average Bonchev–Trinajstić information content (AvgIpc) is 2.56. The molecule has 0 saturated heterocycles. The van der Waals surface area contributed by atoms with Gasteiger partial charge in [-0.1, -0.05) is 48.0 Å². The first-order chi connectivity index (χ1) is 11.4. The number of nitrogens with two attached hydrogens (primary N) is 1. The normalized spacial score (nSPS) is 10.9. The van der Waals surface area contributed by atoms with Crippen LogP contribution in [0, 0.1) is 0 Å². The van der Waals surface area contributed by atoms with E-state index in [4.69, 9.17) is 41.9 Å². The van der Waals surface area contributed by atoms with Crippen LogP contribution in [-0.4, -0.2) is 28.7 Å². The lowest BCUT2D eigenvalue weighted by Gasteiger charge is -2.19. The molecule has 2 aromatic carbocycles. The Morgan fingerprint density at radius 3 is 2.17 bits per heavy atom. The predicted octanol–water partition coefficient (Wildman–Crippen LogP) is 2.96. The Morgan fingerprint density at radius 2 is 1.67 bits per heavy atom. The molecular weight excluding hydrogens is 334 g/mol. The van der Waals surface area contributed by atoms with Crippen LogP contribution >= 0.6 is 11.6 Å². The summed E-state index contributed by atoms with van der Waals surface area (Å²) in [6, 6.07) is 17.5. The van der Waals surface area contributed by atoms with Crippen molar-refractivity contribution in [2.75, 3.05) is 6.54 Å². The monoisotopic (exact) mass is 351 g/mol. The van der Waals surface area contributed by atoms with Crippen LogP contribution in [0.5, 0.6) is 5.75 Å². The van der Waals surface area contributed by atoms with Crippen LogP contribution < -0.4 is 10.5 Å². The van der Waals surface area contributed by atoms with Crippen molar-refractivity contribution in [1.29, 1.82) is 0 Å². The fraction of sp³-hybridized carbons (Fsp3) is 0.176. The highest BCUT2D eigenvalue weighted by Gasteiger charge is 2.12. The van der Waals surface area contributed by atoms with Crippen molar-refractivity contribution in [2.45, 2.75) is 12.5 Å². The smallest absolute Gasteiger partial charge is 0.414 e. The van der Waals surface area contributed by atoms with E-state index in [2.05, 4.69) is 0 Å². The molecule has 0 aliphatic rings. The molecule has 6 nitrogen and oxygen atoms in total. The van der Waals surface area contributed by atoms with E-state index in [1.54, 1.807) is 0 Å². The van der Waals surface area contributed by atoms with E-state index in [1.165, 1.54) is 0 Å². The number of rotatable bonds is 5. The van der Waals surface area contributed by atoms with E-state index in [0.717, 1.165) is 17.7 Å². The summed E-state index contributed by atoms with van der Waals surface area (Å²) < 4.78 is 5.96. The molecule has 0 saturated carbocycles. The van der Waals surface area contributed by atoms with Gasteiger partial charge in [-0.05, 0) is 30.3 Å². The van der Waals surface area contributed by atoms with E-state index in [0.29, 0.717) is 11.6 Å². The van der Waals surface area contributed by atoms with E-state index in [-0.39, 0.29) is 6.10 Å². The summed E-state index contributed by atoms with van der Waals surface area (Å²) in [4.78, 5) is 18.2. The second-order valence-electron chi connectivity index (χ2n) is 4.66. The summed E-state index contributed by atoms with van der Waals surface area (Å²) in [5.74, 6) is -2.88. The summed E-state index contributed by atoms with van der Waals surface area (Å²) >= 11 is 5.95. The lowest BCUT2D eigenvalue weighted by Crippen LogP contribution is -2.13. The summed E-state index contributed by atoms with van der Waals surface area (Å²) in [5.41, 5.74) is 6.77. The van der Waals surface area contributed by atoms with Crippen molar-refractivity contribution >= 4 is 23.5 Å². The number of carbonyl (C=O) groups is 2. The van der Waals surface area contributed by atoms with Crippen LogP contribution in [0.2, 0.25) is 5.02 Å². The minimum atomic E-state index is -1.82. The molecule has 24 heavy (non-hydrogen) atoms. The molecule has 2 rings (SSSR count). The number of carboxylic acid groups (broad SMARTS) is 2. The van der Waals surface area contributed by atoms with Gasteiger partial charge in [0.1, 0.15) is 11.9 Å². The molecule has 0 fully saturated rings. The van der Waals surface area contributed by atoms with E-state index < -0.39 is 11.9 Å². The van der Waals surface area contributed by atoms with E-state index >= 15 is 0 Å². The van der Waals surface area contributed by atoms with Gasteiger partial charge in [-0.15, -0.1) is 0 Å². The first-order valence-corrected chi connectivity index (χ1v) is 7.45. The van der Waals surface area contributed by atoms with Crippen molar-refractivity contribution in [3.8, 4) is 5.75 Å². The van der Waals surface area contributed by atoms with Crippen LogP contribution in [-0.2, 0) is 9.59 Å². The Hall–Kier alpha value is -2.57. The van der Waals surface area contributed by atoms with Gasteiger partial charge in [-0.25, -0.2) is 9.59 Å². The number of carboxylic acids is 2. The van der Waals surface area contributed by atoms with Crippen molar-refractivity contribution in [3.63, 3.8) is 0 Å². The van der Waals surface area contributed by atoms with Gasteiger partial charge in [-0.2, -0.15) is 0 Å². The SMILES string of the molecule is NCCC(Oc1cccc(Cl)c1)c1ccccc1.O=C(O)C(=O)O. The zero-order valence-electron chi connectivity index (χ0n) is 12.8. The van der Waals surface area contributed by atoms with Crippen LogP contribution in [0.4, 0.5) is 0 Å². The second-order valence-corrected chi connectivity index (χ2v) is 5.10. The third kappa shape index (κ3) is 7.13. The van der Waals surface area contributed by atoms with Gasteiger partial charge < -0.3 is 20.7 Å². The van der Waals surface area contributed by atoms with Gasteiger partial charge in [0.2, 0.25) is 0 Å². The van der Waals surface area contributed by atoms with Crippen molar-refractivity contribution < 1.29 is 24.5 Å². The van der Waals surface area contributed by atoms with Gasteiger partial charge >= 0.3 is 11.9 Å². The van der Waals surface area contributed by atoms with Crippen LogP contribution in [0.15, 0.2) is 54.6 Å². The van der Waals surface area contributed by atoms with E-state index in [9.17, 15) is 0 Å². The summed E-state index contributed by atoms with van der Waals surface area (Å²) in [7, 11) is 0. The van der Waals surface area contributed by atoms with Crippen molar-refractivity contribution in [1.82, 2.24) is 0 Å². The molecule has 1 atom stereocenters. The largest absolute Gasteiger partial charge is 0.486 e. The van der Waals surface area contributed by atoms with Gasteiger partial charge in [-0.3, -0.25) is 0 Å². The number of hydrogen-bond acceptors (Lipinski definition) is 4. The molecule has 0 bridgehead atoms. The van der Waals surface area contributed by atoms with Crippen LogP contribution in [0.25, 0.3) is 0 Å². The average molecular weight is 352 g/mol.